The van der Waals surface area contributed by atoms with Crippen molar-refractivity contribution in [2.45, 2.75) is 12.6 Å². The predicted octanol–water partition coefficient (Wildman–Crippen LogP) is 5.52. The zero-order chi connectivity index (χ0) is 20.6. The Labute approximate surface area is 179 Å². The number of aromatic nitrogens is 1. The molecule has 0 radical (unpaired) electrons. The van der Waals surface area contributed by atoms with E-state index in [4.69, 9.17) is 4.74 Å². The minimum absolute atomic E-state index is 0.221. The van der Waals surface area contributed by atoms with Crippen LogP contribution in [0.1, 0.15) is 22.7 Å². The van der Waals surface area contributed by atoms with Gasteiger partial charge in [0.1, 0.15) is 5.75 Å². The number of hydrogen-bond donors (Lipinski definition) is 2. The first kappa shape index (κ1) is 19.7. The van der Waals surface area contributed by atoms with Crippen LogP contribution in [0.2, 0.25) is 0 Å². The van der Waals surface area contributed by atoms with Gasteiger partial charge in [0.05, 0.1) is 6.04 Å². The molecule has 5 nitrogen and oxygen atoms in total. The summed E-state index contributed by atoms with van der Waals surface area (Å²) >= 11 is 1.44. The summed E-state index contributed by atoms with van der Waals surface area (Å²) in [5, 5.41) is 8.48. The van der Waals surface area contributed by atoms with Gasteiger partial charge in [-0.05, 0) is 28.8 Å². The molecule has 3 aromatic carbocycles. The Morgan fingerprint density at radius 3 is 2.10 bits per heavy atom. The molecule has 150 valence electrons. The fraction of sp³-hybridized carbons (Fsp3) is 0.0833. The quantitative estimate of drug-likeness (QED) is 0.417. The number of carbonyl (C=O) groups is 1. The molecule has 4 aromatic rings. The Hall–Kier alpha value is -3.64. The number of hydrogen-bond acceptors (Lipinski definition) is 4. The molecule has 1 aromatic heterocycles. The SMILES string of the molecule is O=C(NCc1ccc(Oc2nccs2)cc1)NC(c1ccccc1)c1ccccc1. The number of nitrogens with zero attached hydrogens (tertiary/aromatic N) is 1. The van der Waals surface area contributed by atoms with Crippen LogP contribution in [0.15, 0.2) is 96.5 Å². The summed E-state index contributed by atoms with van der Waals surface area (Å²) in [7, 11) is 0. The third kappa shape index (κ3) is 5.24. The number of amides is 2. The first-order chi connectivity index (χ1) is 14.8. The zero-order valence-corrected chi connectivity index (χ0v) is 17.0. The third-order valence-electron chi connectivity index (χ3n) is 4.53. The summed E-state index contributed by atoms with van der Waals surface area (Å²) in [5.41, 5.74) is 3.04. The molecule has 4 rings (SSSR count). The van der Waals surface area contributed by atoms with Crippen LogP contribution in [-0.4, -0.2) is 11.0 Å². The lowest BCUT2D eigenvalue weighted by molar-refractivity contribution is 0.238. The first-order valence-corrected chi connectivity index (χ1v) is 10.5. The summed E-state index contributed by atoms with van der Waals surface area (Å²) < 4.78 is 5.66. The van der Waals surface area contributed by atoms with Crippen LogP contribution >= 0.6 is 11.3 Å². The molecule has 0 aliphatic rings. The molecule has 2 N–H and O–H groups in total. The van der Waals surface area contributed by atoms with Crippen LogP contribution < -0.4 is 15.4 Å². The Morgan fingerprint density at radius 1 is 0.900 bits per heavy atom. The van der Waals surface area contributed by atoms with E-state index in [1.807, 2.05) is 90.3 Å². The molecule has 0 fully saturated rings. The Balaban J connectivity index is 1.37. The summed E-state index contributed by atoms with van der Waals surface area (Å²) in [6, 6.07) is 27.0. The lowest BCUT2D eigenvalue weighted by Gasteiger charge is -2.20. The monoisotopic (exact) mass is 415 g/mol. The standard InChI is InChI=1S/C24H21N3O2S/c28-23(26-17-18-11-13-21(14-12-18)29-24-25-15-16-30-24)27-22(19-7-3-1-4-8-19)20-9-5-2-6-10-20/h1-16,22H,17H2,(H2,26,27,28). The third-order valence-corrected chi connectivity index (χ3v) is 5.18. The van der Waals surface area contributed by atoms with Gasteiger partial charge in [-0.15, -0.1) is 0 Å². The molecule has 1 heterocycles. The molecule has 0 bridgehead atoms. The number of thiazole rings is 1. The van der Waals surface area contributed by atoms with Crippen molar-refractivity contribution < 1.29 is 9.53 Å². The highest BCUT2D eigenvalue weighted by Crippen LogP contribution is 2.24. The molecular formula is C24H21N3O2S. The number of benzene rings is 3. The highest BCUT2D eigenvalue weighted by Gasteiger charge is 2.16. The van der Waals surface area contributed by atoms with E-state index in [0.29, 0.717) is 17.5 Å². The van der Waals surface area contributed by atoms with E-state index in [0.717, 1.165) is 16.7 Å². The van der Waals surface area contributed by atoms with E-state index >= 15 is 0 Å². The number of ether oxygens (including phenoxy) is 1. The number of nitrogens with one attached hydrogen (secondary N) is 2. The molecule has 0 atom stereocenters. The minimum Gasteiger partial charge on any atom is -0.431 e. The van der Waals surface area contributed by atoms with Crippen molar-refractivity contribution in [3.8, 4) is 10.9 Å². The van der Waals surface area contributed by atoms with Crippen LogP contribution in [0, 0.1) is 0 Å². The summed E-state index contributed by atoms with van der Waals surface area (Å²) in [5.74, 6) is 0.714. The second-order valence-electron chi connectivity index (χ2n) is 6.63. The van der Waals surface area contributed by atoms with Gasteiger partial charge in [0.15, 0.2) is 0 Å². The molecule has 0 saturated carbocycles. The second-order valence-corrected chi connectivity index (χ2v) is 7.48. The summed E-state index contributed by atoms with van der Waals surface area (Å²) in [6.45, 7) is 0.416. The maximum Gasteiger partial charge on any atom is 0.315 e. The predicted molar refractivity (Wildman–Crippen MR) is 119 cm³/mol. The lowest BCUT2D eigenvalue weighted by atomic mass is 9.99. The molecule has 0 spiro atoms. The van der Waals surface area contributed by atoms with Gasteiger partial charge in [-0.2, -0.15) is 0 Å². The van der Waals surface area contributed by atoms with Gasteiger partial charge in [-0.3, -0.25) is 0 Å². The Morgan fingerprint density at radius 2 is 1.53 bits per heavy atom. The van der Waals surface area contributed by atoms with Crippen LogP contribution in [0.5, 0.6) is 10.9 Å². The number of carbonyl (C=O) groups excluding carboxylic acids is 1. The van der Waals surface area contributed by atoms with Crippen molar-refractivity contribution in [3.63, 3.8) is 0 Å². The fourth-order valence-electron chi connectivity index (χ4n) is 3.05. The number of urea groups is 1. The highest BCUT2D eigenvalue weighted by atomic mass is 32.1. The zero-order valence-electron chi connectivity index (χ0n) is 16.2. The van der Waals surface area contributed by atoms with Crippen LogP contribution in [0.25, 0.3) is 0 Å². The Bertz CT molecular complexity index is 1010. The smallest absolute Gasteiger partial charge is 0.315 e. The van der Waals surface area contributed by atoms with E-state index in [2.05, 4.69) is 15.6 Å². The number of rotatable bonds is 7. The van der Waals surface area contributed by atoms with Crippen molar-refractivity contribution in [1.82, 2.24) is 15.6 Å². The van der Waals surface area contributed by atoms with Gasteiger partial charge < -0.3 is 15.4 Å². The molecule has 0 saturated heterocycles. The van der Waals surface area contributed by atoms with Crippen LogP contribution in [0.4, 0.5) is 4.79 Å². The van der Waals surface area contributed by atoms with Gasteiger partial charge in [0.2, 0.25) is 0 Å². The minimum atomic E-state index is -0.226. The van der Waals surface area contributed by atoms with Crippen LogP contribution in [0.3, 0.4) is 0 Å². The fourth-order valence-corrected chi connectivity index (χ4v) is 3.56. The van der Waals surface area contributed by atoms with Gasteiger partial charge in [0.25, 0.3) is 5.19 Å². The average Bonchev–Trinajstić information content (AvgIpc) is 3.31. The van der Waals surface area contributed by atoms with Gasteiger partial charge in [-0.25, -0.2) is 9.78 Å². The molecule has 0 aliphatic carbocycles. The highest BCUT2D eigenvalue weighted by molar-refractivity contribution is 7.11. The molecule has 6 heteroatoms. The van der Waals surface area contributed by atoms with Crippen molar-refractivity contribution >= 4 is 17.4 Å². The van der Waals surface area contributed by atoms with Gasteiger partial charge in [0, 0.05) is 18.1 Å². The van der Waals surface area contributed by atoms with Gasteiger partial charge in [-0.1, -0.05) is 84.1 Å². The molecule has 0 aliphatic heterocycles. The van der Waals surface area contributed by atoms with E-state index in [-0.39, 0.29) is 12.1 Å². The molecule has 30 heavy (non-hydrogen) atoms. The largest absolute Gasteiger partial charge is 0.431 e. The average molecular weight is 416 g/mol. The van der Waals surface area contributed by atoms with E-state index < -0.39 is 0 Å². The lowest BCUT2D eigenvalue weighted by Crippen LogP contribution is -2.38. The van der Waals surface area contributed by atoms with E-state index in [9.17, 15) is 4.79 Å². The Kier molecular flexibility index (Phi) is 6.37. The van der Waals surface area contributed by atoms with Crippen molar-refractivity contribution in [3.05, 3.63) is 113 Å². The summed E-state index contributed by atoms with van der Waals surface area (Å²) in [4.78, 5) is 16.7. The van der Waals surface area contributed by atoms with Crippen molar-refractivity contribution in [1.29, 1.82) is 0 Å². The molecular weight excluding hydrogens is 394 g/mol. The normalized spacial score (nSPS) is 10.6. The maximum absolute atomic E-state index is 12.6. The maximum atomic E-state index is 12.6. The van der Waals surface area contributed by atoms with Crippen molar-refractivity contribution in [2.24, 2.45) is 0 Å². The summed E-state index contributed by atoms with van der Waals surface area (Å²) in [6.07, 6.45) is 1.70. The first-order valence-electron chi connectivity index (χ1n) is 9.58. The van der Waals surface area contributed by atoms with Crippen molar-refractivity contribution in [2.75, 3.05) is 0 Å². The van der Waals surface area contributed by atoms with Gasteiger partial charge >= 0.3 is 6.03 Å². The van der Waals surface area contributed by atoms with E-state index in [1.165, 1.54) is 11.3 Å². The molecule has 0 unspecified atom stereocenters. The topological polar surface area (TPSA) is 63.2 Å². The second kappa shape index (κ2) is 9.71. The molecule has 2 amide bonds. The van der Waals surface area contributed by atoms with Crippen LogP contribution in [-0.2, 0) is 6.54 Å². The van der Waals surface area contributed by atoms with E-state index in [1.54, 1.807) is 6.20 Å².